The van der Waals surface area contributed by atoms with E-state index in [1.54, 1.807) is 0 Å². The fourth-order valence-corrected chi connectivity index (χ4v) is 5.69. The third-order valence-electron chi connectivity index (χ3n) is 6.66. The number of hydrogen-bond donors (Lipinski definition) is 2. The molecule has 16 heteroatoms. The molecule has 1 aliphatic heterocycles. The number of hydrogen-bond acceptors (Lipinski definition) is 9. The van der Waals surface area contributed by atoms with Crippen LogP contribution in [-0.2, 0) is 25.3 Å². The number of nitrogens with one attached hydrogen (secondary N) is 1. The molecule has 2 fully saturated rings. The Morgan fingerprint density at radius 2 is 2.00 bits per heavy atom. The van der Waals surface area contributed by atoms with Crippen molar-refractivity contribution in [3.8, 4) is 6.07 Å². The average Bonchev–Trinajstić information content (AvgIpc) is 3.08. The Kier molecular flexibility index (Phi) is 8.03. The molecule has 10 nitrogen and oxygen atoms in total. The van der Waals surface area contributed by atoms with E-state index in [1.165, 1.54) is 23.1 Å². The molecule has 0 radical (unpaired) electrons. The van der Waals surface area contributed by atoms with Crippen molar-refractivity contribution < 1.29 is 39.8 Å². The summed E-state index contributed by atoms with van der Waals surface area (Å²) in [5.74, 6) is -2.22. The average molecular weight is 602 g/mol. The first-order valence-electron chi connectivity index (χ1n) is 11.9. The van der Waals surface area contributed by atoms with Crippen LogP contribution in [0.2, 0.25) is 0 Å². The highest BCUT2D eigenvalue weighted by Crippen LogP contribution is 2.50. The Morgan fingerprint density at radius 1 is 1.30 bits per heavy atom. The van der Waals surface area contributed by atoms with Crippen molar-refractivity contribution in [1.82, 2.24) is 10.3 Å². The number of nitrogens with zero attached hydrogens (tertiary/aromatic N) is 4. The molecule has 2 aromatic rings. The number of aromatic nitrogens is 1. The highest BCUT2D eigenvalue weighted by atomic mass is 32.2. The minimum absolute atomic E-state index is 0.0193. The van der Waals surface area contributed by atoms with Crippen molar-refractivity contribution in [2.45, 2.75) is 42.9 Å². The summed E-state index contributed by atoms with van der Waals surface area (Å²) in [6, 6.07) is 5.71. The fraction of sp³-hybridized carbons (Fsp3) is 0.417. The molecular formula is C24H23F4N5O5S2. The minimum atomic E-state index is -4.89. The topological polar surface area (TPSA) is 133 Å². The number of thiol groups is 1. The van der Waals surface area contributed by atoms with Crippen LogP contribution < -0.4 is 15.1 Å². The molecule has 4 rings (SSSR count). The van der Waals surface area contributed by atoms with Gasteiger partial charge in [0.25, 0.3) is 21.9 Å². The predicted molar refractivity (Wildman–Crippen MR) is 137 cm³/mol. The zero-order chi connectivity index (χ0) is 29.5. The van der Waals surface area contributed by atoms with Gasteiger partial charge in [0.2, 0.25) is 0 Å². The molecule has 1 spiro atoms. The number of halogens is 4. The third-order valence-corrected chi connectivity index (χ3v) is 7.72. The van der Waals surface area contributed by atoms with Gasteiger partial charge in [-0.1, -0.05) is 0 Å². The molecule has 2 aliphatic rings. The van der Waals surface area contributed by atoms with Gasteiger partial charge in [0.15, 0.2) is 11.2 Å². The van der Waals surface area contributed by atoms with Crippen LogP contribution in [0.15, 0.2) is 30.5 Å². The van der Waals surface area contributed by atoms with Gasteiger partial charge in [-0.05, 0) is 49.9 Å². The van der Waals surface area contributed by atoms with Gasteiger partial charge < -0.3 is 10.2 Å². The van der Waals surface area contributed by atoms with E-state index in [1.807, 2.05) is 0 Å². The molecular weight excluding hydrogens is 578 g/mol. The van der Waals surface area contributed by atoms with Gasteiger partial charge in [0.05, 0.1) is 35.9 Å². The van der Waals surface area contributed by atoms with E-state index in [4.69, 9.17) is 5.26 Å². The molecule has 40 heavy (non-hydrogen) atoms. The van der Waals surface area contributed by atoms with E-state index >= 15 is 4.39 Å². The highest BCUT2D eigenvalue weighted by molar-refractivity contribution is 7.86. The highest BCUT2D eigenvalue weighted by Gasteiger charge is 2.60. The summed E-state index contributed by atoms with van der Waals surface area (Å²) in [4.78, 5) is 32.1. The van der Waals surface area contributed by atoms with Crippen LogP contribution in [0.5, 0.6) is 0 Å². The summed E-state index contributed by atoms with van der Waals surface area (Å²) < 4.78 is 82.3. The lowest BCUT2D eigenvalue weighted by Crippen LogP contribution is -2.55. The first-order chi connectivity index (χ1) is 18.7. The smallest absolute Gasteiger partial charge is 0.352 e. The number of amides is 2. The summed E-state index contributed by atoms with van der Waals surface area (Å²) >= 11 is 4.51. The third kappa shape index (κ3) is 5.58. The number of pyridine rings is 1. The monoisotopic (exact) mass is 601 g/mol. The minimum Gasteiger partial charge on any atom is -0.352 e. The second-order valence-electron chi connectivity index (χ2n) is 9.28. The molecule has 1 aromatic carbocycles. The maximum Gasteiger partial charge on any atom is 0.419 e. The second kappa shape index (κ2) is 10.9. The number of benzene rings is 1. The van der Waals surface area contributed by atoms with Crippen molar-refractivity contribution in [3.63, 3.8) is 0 Å². The van der Waals surface area contributed by atoms with Crippen LogP contribution in [0.3, 0.4) is 0 Å². The van der Waals surface area contributed by atoms with Gasteiger partial charge in [-0.25, -0.2) is 9.37 Å². The Hall–Kier alpha value is -3.42. The van der Waals surface area contributed by atoms with Gasteiger partial charge >= 0.3 is 6.18 Å². The molecule has 214 valence electrons. The maximum absolute atomic E-state index is 15.1. The van der Waals surface area contributed by atoms with Gasteiger partial charge in [0, 0.05) is 12.2 Å². The predicted octanol–water partition coefficient (Wildman–Crippen LogP) is 3.20. The van der Waals surface area contributed by atoms with E-state index in [0.717, 1.165) is 23.4 Å². The van der Waals surface area contributed by atoms with Crippen molar-refractivity contribution >= 4 is 45.9 Å². The van der Waals surface area contributed by atoms with E-state index in [-0.39, 0.29) is 36.5 Å². The Morgan fingerprint density at radius 3 is 2.55 bits per heavy atom. The summed E-state index contributed by atoms with van der Waals surface area (Å²) in [5, 5.41) is 11.5. The Bertz CT molecular complexity index is 1490. The Balaban J connectivity index is 1.58. The quantitative estimate of drug-likeness (QED) is 0.204. The molecule has 1 aliphatic carbocycles. The van der Waals surface area contributed by atoms with Gasteiger partial charge in [0.1, 0.15) is 17.4 Å². The number of nitriles is 1. The number of alkyl halides is 3. The molecule has 2 amide bonds. The number of anilines is 2. The number of carbonyl (C=O) groups excluding carboxylic acids is 2. The first kappa shape index (κ1) is 29.6. The van der Waals surface area contributed by atoms with E-state index in [0.29, 0.717) is 25.3 Å². The van der Waals surface area contributed by atoms with Crippen LogP contribution in [0.1, 0.15) is 47.3 Å². The lowest BCUT2D eigenvalue weighted by atomic mass is 9.75. The zero-order valence-electron chi connectivity index (χ0n) is 20.9. The number of rotatable bonds is 8. The van der Waals surface area contributed by atoms with Crippen LogP contribution >= 0.6 is 12.6 Å². The van der Waals surface area contributed by atoms with E-state index < -0.39 is 56.2 Å². The number of carbonyl (C=O) groups is 2. The van der Waals surface area contributed by atoms with Crippen LogP contribution in [0.4, 0.5) is 28.9 Å². The lowest BCUT2D eigenvalue weighted by molar-refractivity contribution is -0.138. The Labute approximate surface area is 232 Å². The molecule has 1 saturated heterocycles. The van der Waals surface area contributed by atoms with Crippen LogP contribution in [0.25, 0.3) is 0 Å². The van der Waals surface area contributed by atoms with E-state index in [2.05, 4.69) is 27.1 Å². The van der Waals surface area contributed by atoms with Gasteiger partial charge in [-0.15, -0.1) is 12.6 Å². The molecule has 1 aromatic heterocycles. The molecule has 1 atom stereocenters. The fourth-order valence-electron chi connectivity index (χ4n) is 4.67. The summed E-state index contributed by atoms with van der Waals surface area (Å²) in [5.41, 5.74) is -4.81. The molecule has 1 unspecified atom stereocenters. The van der Waals surface area contributed by atoms with Gasteiger partial charge in [-0.3, -0.25) is 18.7 Å². The normalized spacial score (nSPS) is 18.5. The molecule has 0 bridgehead atoms. The standard InChI is InChI=1S/C24H23F4N5O5S2/c1-40(36,37)38-9-3-8-30-20(34)16-5-4-14(11-18(16)25)33-22(39)32(21(35)23(33)6-2-7-23)15-10-17(24(26,27)28)19(12-29)31-13-15/h4-5,10-11,13,22,39H,2-3,6-9H2,1H3,(H,30,34). The largest absolute Gasteiger partial charge is 0.419 e. The van der Waals surface area contributed by atoms with Crippen LogP contribution in [-0.4, -0.2) is 55.7 Å². The molecule has 1 saturated carbocycles. The molecule has 2 heterocycles. The van der Waals surface area contributed by atoms with E-state index in [9.17, 15) is 31.2 Å². The SMILES string of the molecule is CS(=O)(=O)OCCCNC(=O)c1ccc(N2C(S)N(c3cnc(C#N)c(C(F)(F)F)c3)C(=O)C23CCC3)cc1F. The van der Waals surface area contributed by atoms with Crippen molar-refractivity contribution in [1.29, 1.82) is 5.26 Å². The first-order valence-corrected chi connectivity index (χ1v) is 14.2. The van der Waals surface area contributed by atoms with Crippen molar-refractivity contribution in [2.24, 2.45) is 0 Å². The molecule has 1 N–H and O–H groups in total. The van der Waals surface area contributed by atoms with Crippen molar-refractivity contribution in [2.75, 3.05) is 29.2 Å². The lowest BCUT2D eigenvalue weighted by Gasteiger charge is -2.44. The summed E-state index contributed by atoms with van der Waals surface area (Å²) in [7, 11) is -3.62. The summed E-state index contributed by atoms with van der Waals surface area (Å²) in [6.45, 7) is -0.143. The van der Waals surface area contributed by atoms with Crippen LogP contribution in [0, 0.1) is 17.1 Å². The van der Waals surface area contributed by atoms with Gasteiger partial charge in [-0.2, -0.15) is 26.9 Å². The van der Waals surface area contributed by atoms with Crippen molar-refractivity contribution in [3.05, 3.63) is 53.1 Å². The summed E-state index contributed by atoms with van der Waals surface area (Å²) in [6.07, 6.45) is -1.53. The maximum atomic E-state index is 15.1. The second-order valence-corrected chi connectivity index (χ2v) is 11.4. The zero-order valence-corrected chi connectivity index (χ0v) is 22.6.